The Hall–Kier alpha value is -1.33. The second kappa shape index (κ2) is 7.89. The maximum atomic E-state index is 12.3. The van der Waals surface area contributed by atoms with Gasteiger partial charge in [-0.3, -0.25) is 0 Å². The van der Waals surface area contributed by atoms with Crippen LogP contribution in [0, 0.1) is 0 Å². The highest BCUT2D eigenvalue weighted by atomic mass is 35.5. The number of hydrogen-bond acceptors (Lipinski definition) is 3. The molecule has 1 aromatic rings. The topological polar surface area (TPSA) is 44.5 Å². The van der Waals surface area contributed by atoms with Gasteiger partial charge < -0.3 is 15.2 Å². The van der Waals surface area contributed by atoms with Crippen molar-refractivity contribution in [1.82, 2.24) is 0 Å². The summed E-state index contributed by atoms with van der Waals surface area (Å²) in [5.41, 5.74) is 6.59. The van der Waals surface area contributed by atoms with E-state index in [1.54, 1.807) is 6.07 Å². The first-order chi connectivity index (χ1) is 8.12. The van der Waals surface area contributed by atoms with Gasteiger partial charge in [-0.15, -0.1) is 12.4 Å². The molecule has 0 unspecified atom stereocenters. The minimum atomic E-state index is -1.78. The molecule has 1 aromatic carbocycles. The highest BCUT2D eigenvalue weighted by Gasteiger charge is 2.10. The lowest BCUT2D eigenvalue weighted by Gasteiger charge is -2.12. The summed E-state index contributed by atoms with van der Waals surface area (Å²) >= 11 is 0. The highest BCUT2D eigenvalue weighted by molar-refractivity contribution is 5.85. The molecule has 0 spiro atoms. The van der Waals surface area contributed by atoms with Gasteiger partial charge in [0.1, 0.15) is 11.5 Å². The van der Waals surface area contributed by atoms with Crippen LogP contribution in [0.1, 0.15) is 11.1 Å². The van der Waals surface area contributed by atoms with Crippen LogP contribution in [-0.2, 0) is 6.42 Å². The lowest BCUT2D eigenvalue weighted by molar-refractivity contribution is 0.397. The minimum Gasteiger partial charge on any atom is -0.496 e. The summed E-state index contributed by atoms with van der Waals surface area (Å²) in [6.07, 6.45) is -0.438. The number of hydrogen-bond donors (Lipinski definition) is 1. The van der Waals surface area contributed by atoms with Crippen molar-refractivity contribution in [2.24, 2.45) is 5.73 Å². The maximum absolute atomic E-state index is 12.3. The molecule has 0 saturated heterocycles. The van der Waals surface area contributed by atoms with Gasteiger partial charge in [0.15, 0.2) is 0 Å². The largest absolute Gasteiger partial charge is 0.496 e. The van der Waals surface area contributed by atoms with Crippen molar-refractivity contribution in [3.05, 3.63) is 29.3 Å². The first kappa shape index (κ1) is 16.7. The van der Waals surface area contributed by atoms with Gasteiger partial charge in [0.25, 0.3) is 6.08 Å². The van der Waals surface area contributed by atoms with Crippen LogP contribution in [0.3, 0.4) is 0 Å². The summed E-state index contributed by atoms with van der Waals surface area (Å²) in [5.74, 6) is 0.908. The Morgan fingerprint density at radius 3 is 2.28 bits per heavy atom. The molecular formula is C12H16ClF2NO2. The van der Waals surface area contributed by atoms with Gasteiger partial charge in [-0.1, -0.05) is 0 Å². The molecule has 0 amide bonds. The second-order valence-electron chi connectivity index (χ2n) is 3.38. The molecule has 6 heteroatoms. The lowest BCUT2D eigenvalue weighted by Crippen LogP contribution is -2.05. The van der Waals surface area contributed by atoms with Gasteiger partial charge in [-0.25, -0.2) is 0 Å². The van der Waals surface area contributed by atoms with E-state index in [0.29, 0.717) is 24.5 Å². The molecule has 1 rings (SSSR count). The molecule has 0 saturated carbocycles. The van der Waals surface area contributed by atoms with Crippen molar-refractivity contribution in [2.75, 3.05) is 20.8 Å². The van der Waals surface area contributed by atoms with E-state index in [4.69, 9.17) is 15.2 Å². The van der Waals surface area contributed by atoms with Crippen LogP contribution in [-0.4, -0.2) is 20.8 Å². The number of ether oxygens (including phenoxy) is 2. The fourth-order valence-corrected chi connectivity index (χ4v) is 1.57. The van der Waals surface area contributed by atoms with Gasteiger partial charge in [0, 0.05) is 11.6 Å². The van der Waals surface area contributed by atoms with E-state index >= 15 is 0 Å². The van der Waals surface area contributed by atoms with E-state index < -0.39 is 6.08 Å². The van der Waals surface area contributed by atoms with Crippen molar-refractivity contribution in [2.45, 2.75) is 6.42 Å². The lowest BCUT2D eigenvalue weighted by atomic mass is 10.1. The molecule has 0 bridgehead atoms. The average Bonchev–Trinajstić information content (AvgIpc) is 2.30. The molecule has 0 aliphatic carbocycles. The van der Waals surface area contributed by atoms with Gasteiger partial charge in [0.2, 0.25) is 0 Å². The zero-order valence-electron chi connectivity index (χ0n) is 10.2. The first-order valence-electron chi connectivity index (χ1n) is 5.10. The number of rotatable bonds is 5. The van der Waals surface area contributed by atoms with Gasteiger partial charge >= 0.3 is 0 Å². The van der Waals surface area contributed by atoms with Crippen molar-refractivity contribution >= 4 is 18.5 Å². The van der Waals surface area contributed by atoms with E-state index in [2.05, 4.69) is 0 Å². The molecule has 18 heavy (non-hydrogen) atoms. The Balaban J connectivity index is 0.00000289. The summed E-state index contributed by atoms with van der Waals surface area (Å²) in [5, 5.41) is 0. The van der Waals surface area contributed by atoms with E-state index in [1.807, 2.05) is 0 Å². The highest BCUT2D eigenvalue weighted by Crippen LogP contribution is 2.31. The monoisotopic (exact) mass is 279 g/mol. The number of nitrogens with two attached hydrogens (primary N) is 1. The Morgan fingerprint density at radius 1 is 1.22 bits per heavy atom. The van der Waals surface area contributed by atoms with Crippen molar-refractivity contribution < 1.29 is 18.3 Å². The van der Waals surface area contributed by atoms with E-state index in [1.165, 1.54) is 20.3 Å². The molecule has 0 aromatic heterocycles. The van der Waals surface area contributed by atoms with E-state index in [-0.39, 0.29) is 18.0 Å². The molecule has 0 aliphatic rings. The molecular weight excluding hydrogens is 264 g/mol. The fraction of sp³-hybridized carbons (Fsp3) is 0.333. The van der Waals surface area contributed by atoms with Crippen LogP contribution in [0.15, 0.2) is 18.2 Å². The molecule has 0 atom stereocenters. The number of halogens is 3. The predicted octanol–water partition coefficient (Wildman–Crippen LogP) is 2.86. The van der Waals surface area contributed by atoms with Crippen LogP contribution < -0.4 is 15.2 Å². The molecule has 0 heterocycles. The molecule has 102 valence electrons. The van der Waals surface area contributed by atoms with Gasteiger partial charge in [0.05, 0.1) is 14.2 Å². The standard InChI is InChI=1S/C12H15F2NO2.ClH/c1-16-10-6-9(7-12(13)14)11(17-2)5-8(10)3-4-15;/h5-7H,3-4,15H2,1-2H3;1H. The Labute approximate surface area is 111 Å². The quantitative estimate of drug-likeness (QED) is 0.901. The van der Waals surface area contributed by atoms with E-state index in [0.717, 1.165) is 11.6 Å². The van der Waals surface area contributed by atoms with Crippen LogP contribution in [0.2, 0.25) is 0 Å². The van der Waals surface area contributed by atoms with Crippen LogP contribution in [0.4, 0.5) is 8.78 Å². The third kappa shape index (κ3) is 4.16. The number of methoxy groups -OCH3 is 2. The van der Waals surface area contributed by atoms with E-state index in [9.17, 15) is 8.78 Å². The Bertz CT molecular complexity index is 421. The Morgan fingerprint density at radius 2 is 1.83 bits per heavy atom. The molecule has 0 radical (unpaired) electrons. The zero-order valence-corrected chi connectivity index (χ0v) is 11.0. The zero-order chi connectivity index (χ0) is 12.8. The normalized spacial score (nSPS) is 9.39. The summed E-state index contributed by atoms with van der Waals surface area (Å²) in [4.78, 5) is 0. The van der Waals surface area contributed by atoms with Gasteiger partial charge in [-0.05, 0) is 30.7 Å². The minimum absolute atomic E-state index is 0. The van der Waals surface area contributed by atoms with Gasteiger partial charge in [-0.2, -0.15) is 8.78 Å². The third-order valence-electron chi connectivity index (χ3n) is 2.31. The van der Waals surface area contributed by atoms with Crippen LogP contribution >= 0.6 is 12.4 Å². The number of benzene rings is 1. The molecule has 0 aliphatic heterocycles. The third-order valence-corrected chi connectivity index (χ3v) is 2.31. The smallest absolute Gasteiger partial charge is 0.271 e. The fourth-order valence-electron chi connectivity index (χ4n) is 1.57. The molecule has 0 fully saturated rings. The van der Waals surface area contributed by atoms with Crippen molar-refractivity contribution in [3.8, 4) is 11.5 Å². The predicted molar refractivity (Wildman–Crippen MR) is 69.7 cm³/mol. The second-order valence-corrected chi connectivity index (χ2v) is 3.38. The summed E-state index contributed by atoms with van der Waals surface area (Å²) in [6.45, 7) is 0.451. The summed E-state index contributed by atoms with van der Waals surface area (Å²) in [7, 11) is 2.92. The van der Waals surface area contributed by atoms with Crippen LogP contribution in [0.25, 0.3) is 6.08 Å². The van der Waals surface area contributed by atoms with Crippen LogP contribution in [0.5, 0.6) is 11.5 Å². The molecule has 3 nitrogen and oxygen atoms in total. The first-order valence-corrected chi connectivity index (χ1v) is 5.10. The summed E-state index contributed by atoms with van der Waals surface area (Å²) < 4.78 is 34.7. The summed E-state index contributed by atoms with van der Waals surface area (Å²) in [6, 6.07) is 3.18. The van der Waals surface area contributed by atoms with Crippen molar-refractivity contribution in [3.63, 3.8) is 0 Å². The maximum Gasteiger partial charge on any atom is 0.271 e. The Kier molecular flexibility index (Phi) is 7.31. The average molecular weight is 280 g/mol. The SMILES string of the molecule is COc1cc(CCN)c(OC)cc1C=C(F)F.Cl. The van der Waals surface area contributed by atoms with Crippen molar-refractivity contribution in [1.29, 1.82) is 0 Å². The molecule has 2 N–H and O–H groups in total.